The number of hydrogen-bond acceptors (Lipinski definition) is 5. The van der Waals surface area contributed by atoms with Crippen molar-refractivity contribution in [1.29, 1.82) is 0 Å². The van der Waals surface area contributed by atoms with Gasteiger partial charge in [0.05, 0.1) is 25.1 Å². The number of unbranched alkanes of at least 4 members (excludes halogenated alkanes) is 1. The summed E-state index contributed by atoms with van der Waals surface area (Å²) >= 11 is 1.52. The minimum absolute atomic E-state index is 0.0819. The normalized spacial score (nSPS) is 18.2. The van der Waals surface area contributed by atoms with Gasteiger partial charge in [-0.25, -0.2) is 0 Å². The van der Waals surface area contributed by atoms with Crippen molar-refractivity contribution in [3.05, 3.63) is 65.2 Å². The lowest BCUT2D eigenvalue weighted by molar-refractivity contribution is -0.126. The Hall–Kier alpha value is -2.60. The van der Waals surface area contributed by atoms with Crippen LogP contribution in [0.3, 0.4) is 0 Å². The molecule has 5 nitrogen and oxygen atoms in total. The van der Waals surface area contributed by atoms with Crippen molar-refractivity contribution in [2.24, 2.45) is 10.2 Å². The van der Waals surface area contributed by atoms with Crippen LogP contribution in [0.2, 0.25) is 0 Å². The summed E-state index contributed by atoms with van der Waals surface area (Å²) in [6.07, 6.45) is 4.68. The molecule has 0 saturated carbocycles. The molecule has 0 spiro atoms. The van der Waals surface area contributed by atoms with Crippen LogP contribution in [0, 0.1) is 6.92 Å². The number of ether oxygens (including phenoxy) is 1. The molecule has 1 fully saturated rings. The highest BCUT2D eigenvalue weighted by molar-refractivity contribution is 8.15. The van der Waals surface area contributed by atoms with Gasteiger partial charge in [0.15, 0.2) is 5.17 Å². The van der Waals surface area contributed by atoms with Gasteiger partial charge in [0.25, 0.3) is 0 Å². The van der Waals surface area contributed by atoms with E-state index in [4.69, 9.17) is 4.74 Å². The van der Waals surface area contributed by atoms with E-state index in [9.17, 15) is 4.79 Å². The van der Waals surface area contributed by atoms with E-state index >= 15 is 0 Å². The predicted molar refractivity (Wildman–Crippen MR) is 121 cm³/mol. The van der Waals surface area contributed by atoms with Gasteiger partial charge in [-0.05, 0) is 36.6 Å². The van der Waals surface area contributed by atoms with E-state index in [-0.39, 0.29) is 11.2 Å². The molecule has 152 valence electrons. The number of thioether (sulfide) groups is 1. The molecule has 1 aliphatic heterocycles. The number of carbonyl (C=O) groups is 1. The first-order chi connectivity index (χ1) is 14.1. The number of amidine groups is 1. The molecule has 0 aromatic heterocycles. The quantitative estimate of drug-likeness (QED) is 0.454. The van der Waals surface area contributed by atoms with Crippen LogP contribution in [0.5, 0.6) is 5.75 Å². The van der Waals surface area contributed by atoms with Crippen LogP contribution in [0.15, 0.2) is 58.7 Å². The van der Waals surface area contributed by atoms with Gasteiger partial charge in [-0.1, -0.05) is 73.5 Å². The van der Waals surface area contributed by atoms with Crippen LogP contribution in [0.25, 0.3) is 0 Å². The molecule has 0 N–H and O–H groups in total. The lowest BCUT2D eigenvalue weighted by atomic mass is 10.1. The van der Waals surface area contributed by atoms with Crippen LogP contribution >= 0.6 is 11.8 Å². The van der Waals surface area contributed by atoms with E-state index in [1.165, 1.54) is 17.3 Å². The second-order valence-corrected chi connectivity index (χ2v) is 8.23. The second kappa shape index (κ2) is 10.3. The Morgan fingerprint density at radius 2 is 1.86 bits per heavy atom. The maximum absolute atomic E-state index is 13.0. The van der Waals surface area contributed by atoms with E-state index in [0.717, 1.165) is 36.1 Å². The van der Waals surface area contributed by atoms with Crippen LogP contribution in [-0.2, 0) is 11.3 Å². The predicted octanol–water partition coefficient (Wildman–Crippen LogP) is 5.03. The Morgan fingerprint density at radius 1 is 1.14 bits per heavy atom. The fourth-order valence-corrected chi connectivity index (χ4v) is 4.16. The number of hydrogen-bond donors (Lipinski definition) is 0. The fraction of sp³-hybridized carbons (Fsp3) is 0.348. The van der Waals surface area contributed by atoms with Gasteiger partial charge >= 0.3 is 0 Å². The Balaban J connectivity index is 1.78. The van der Waals surface area contributed by atoms with Gasteiger partial charge in [0.1, 0.15) is 5.75 Å². The monoisotopic (exact) mass is 409 g/mol. The van der Waals surface area contributed by atoms with Crippen molar-refractivity contribution >= 4 is 29.1 Å². The van der Waals surface area contributed by atoms with Gasteiger partial charge < -0.3 is 4.74 Å². The molecule has 1 amide bonds. The molecular weight excluding hydrogens is 382 g/mol. The smallest absolute Gasteiger partial charge is 0.242 e. The van der Waals surface area contributed by atoms with Crippen molar-refractivity contribution in [1.82, 2.24) is 4.90 Å². The Morgan fingerprint density at radius 3 is 2.52 bits per heavy atom. The van der Waals surface area contributed by atoms with E-state index in [2.05, 4.69) is 24.1 Å². The number of aryl methyl sites for hydroxylation is 1. The number of amides is 1. The summed E-state index contributed by atoms with van der Waals surface area (Å²) in [7, 11) is 1.64. The number of carbonyl (C=O) groups excluding carboxylic acids is 1. The zero-order valence-electron chi connectivity index (χ0n) is 17.2. The molecule has 1 heterocycles. The zero-order valence-corrected chi connectivity index (χ0v) is 18.0. The Labute approximate surface area is 176 Å². The highest BCUT2D eigenvalue weighted by atomic mass is 32.2. The third-order valence-electron chi connectivity index (χ3n) is 4.77. The van der Waals surface area contributed by atoms with Crippen molar-refractivity contribution in [2.45, 2.75) is 44.9 Å². The van der Waals surface area contributed by atoms with E-state index in [1.807, 2.05) is 48.5 Å². The minimum Gasteiger partial charge on any atom is -0.497 e. The van der Waals surface area contributed by atoms with E-state index < -0.39 is 0 Å². The number of benzene rings is 2. The molecule has 1 saturated heterocycles. The molecule has 0 radical (unpaired) electrons. The molecule has 0 aliphatic carbocycles. The molecule has 2 aromatic rings. The zero-order chi connectivity index (χ0) is 20.6. The maximum atomic E-state index is 13.0. The molecule has 0 bridgehead atoms. The number of methoxy groups -OCH3 is 1. The summed E-state index contributed by atoms with van der Waals surface area (Å²) < 4.78 is 5.22. The largest absolute Gasteiger partial charge is 0.497 e. The van der Waals surface area contributed by atoms with Crippen LogP contribution in [0.1, 0.15) is 42.9 Å². The fourth-order valence-electron chi connectivity index (χ4n) is 3.02. The first kappa shape index (κ1) is 21.1. The lowest BCUT2D eigenvalue weighted by Crippen LogP contribution is -2.31. The molecular formula is C23H27N3O2S. The molecule has 1 aliphatic rings. The molecule has 3 rings (SSSR count). The van der Waals surface area contributed by atoms with Gasteiger partial charge in [0, 0.05) is 0 Å². The van der Waals surface area contributed by atoms with Gasteiger partial charge in [-0.2, -0.15) is 5.10 Å². The Bertz CT molecular complexity index is 876. The topological polar surface area (TPSA) is 54.3 Å². The summed E-state index contributed by atoms with van der Waals surface area (Å²) in [5.41, 5.74) is 3.22. The lowest BCUT2D eigenvalue weighted by Gasteiger charge is -2.16. The molecule has 0 unspecified atom stereocenters. The van der Waals surface area contributed by atoms with E-state index in [0.29, 0.717) is 11.7 Å². The molecule has 2 aromatic carbocycles. The first-order valence-electron chi connectivity index (χ1n) is 9.89. The maximum Gasteiger partial charge on any atom is 0.242 e. The molecule has 6 heteroatoms. The SMILES string of the molecule is CCCC[C@@H]1S/C(=N\N=C/c2ccc(C)cc2)N(Cc2ccc(OC)cc2)C1=O. The van der Waals surface area contributed by atoms with Crippen molar-refractivity contribution < 1.29 is 9.53 Å². The standard InChI is InChI=1S/C23H27N3O2S/c1-4-5-6-21-22(27)26(16-19-11-13-20(28-3)14-12-19)23(29-21)25-24-15-18-9-7-17(2)8-10-18/h7-15,21H,4-6,16H2,1-3H3/b24-15-,25-23-/t21-/m0/s1. The summed E-state index contributed by atoms with van der Waals surface area (Å²) in [6.45, 7) is 4.67. The van der Waals surface area contributed by atoms with Crippen molar-refractivity contribution in [3.8, 4) is 5.75 Å². The van der Waals surface area contributed by atoms with Crippen molar-refractivity contribution in [3.63, 3.8) is 0 Å². The highest BCUT2D eigenvalue weighted by Crippen LogP contribution is 2.32. The van der Waals surface area contributed by atoms with Gasteiger partial charge in [0.2, 0.25) is 5.91 Å². The third kappa shape index (κ3) is 5.70. The summed E-state index contributed by atoms with van der Waals surface area (Å²) in [5, 5.41) is 9.22. The van der Waals surface area contributed by atoms with Gasteiger partial charge in [-0.15, -0.1) is 5.10 Å². The molecule has 29 heavy (non-hydrogen) atoms. The summed E-state index contributed by atoms with van der Waals surface area (Å²) in [6, 6.07) is 15.9. The first-order valence-corrected chi connectivity index (χ1v) is 10.8. The van der Waals surface area contributed by atoms with Crippen LogP contribution in [0.4, 0.5) is 0 Å². The van der Waals surface area contributed by atoms with Crippen molar-refractivity contribution in [2.75, 3.05) is 7.11 Å². The van der Waals surface area contributed by atoms with Gasteiger partial charge in [-0.3, -0.25) is 9.69 Å². The average molecular weight is 410 g/mol. The average Bonchev–Trinajstić information content (AvgIpc) is 3.03. The minimum atomic E-state index is -0.0819. The third-order valence-corrected chi connectivity index (χ3v) is 6.00. The number of nitrogens with zero attached hydrogens (tertiary/aromatic N) is 3. The summed E-state index contributed by atoms with van der Waals surface area (Å²) in [5.74, 6) is 0.914. The molecule has 1 atom stereocenters. The summed E-state index contributed by atoms with van der Waals surface area (Å²) in [4.78, 5) is 14.7. The second-order valence-electron chi connectivity index (χ2n) is 7.06. The Kier molecular flexibility index (Phi) is 7.47. The highest BCUT2D eigenvalue weighted by Gasteiger charge is 2.37. The van der Waals surface area contributed by atoms with Crippen LogP contribution in [-0.4, -0.2) is 34.5 Å². The number of rotatable bonds is 8. The van der Waals surface area contributed by atoms with E-state index in [1.54, 1.807) is 18.2 Å². The van der Waals surface area contributed by atoms with Crippen LogP contribution < -0.4 is 4.74 Å².